The number of hydrogen-bond acceptors (Lipinski definition) is 4. The number of nitrogens with zero attached hydrogens (tertiary/aromatic N) is 3. The summed E-state index contributed by atoms with van der Waals surface area (Å²) in [4.78, 5) is 14.3. The molecule has 0 unspecified atom stereocenters. The number of imidazole rings is 1. The molecular weight excluding hydrogens is 222 g/mol. The topological polar surface area (TPSA) is 81.2 Å². The molecule has 0 radical (unpaired) electrons. The summed E-state index contributed by atoms with van der Waals surface area (Å²) in [6, 6.07) is 4.51. The summed E-state index contributed by atoms with van der Waals surface area (Å²) in [5.41, 5.74) is 1.40. The Labute approximate surface area is 97.7 Å². The van der Waals surface area contributed by atoms with E-state index in [4.69, 9.17) is 0 Å². The summed E-state index contributed by atoms with van der Waals surface area (Å²) in [6.45, 7) is 2.00. The van der Waals surface area contributed by atoms with Crippen LogP contribution >= 0.6 is 0 Å². The first-order valence-corrected chi connectivity index (χ1v) is 5.39. The molecule has 6 heteroatoms. The van der Waals surface area contributed by atoms with Crippen LogP contribution in [0.3, 0.4) is 0 Å². The van der Waals surface area contributed by atoms with Crippen molar-refractivity contribution < 1.29 is 10.0 Å². The molecule has 1 aromatic carbocycles. The van der Waals surface area contributed by atoms with Crippen LogP contribution in [0.4, 0.5) is 5.69 Å². The van der Waals surface area contributed by atoms with Gasteiger partial charge in [-0.2, -0.15) is 0 Å². The number of fused-ring (bicyclic) bond motifs is 1. The van der Waals surface area contributed by atoms with Gasteiger partial charge in [-0.15, -0.1) is 0 Å². The lowest BCUT2D eigenvalue weighted by molar-refractivity contribution is -0.384. The Bertz CT molecular complexity index is 546. The molecule has 17 heavy (non-hydrogen) atoms. The molecule has 0 aliphatic heterocycles. The van der Waals surface area contributed by atoms with Gasteiger partial charge in [-0.1, -0.05) is 6.92 Å². The number of rotatable bonds is 4. The molecule has 0 fully saturated rings. The van der Waals surface area contributed by atoms with Crippen molar-refractivity contribution in [1.29, 1.82) is 0 Å². The van der Waals surface area contributed by atoms with Crippen molar-refractivity contribution in [2.75, 3.05) is 6.61 Å². The van der Waals surface area contributed by atoms with Crippen molar-refractivity contribution in [3.05, 3.63) is 34.6 Å². The van der Waals surface area contributed by atoms with Crippen molar-refractivity contribution in [1.82, 2.24) is 9.55 Å². The Balaban J connectivity index is 2.51. The van der Waals surface area contributed by atoms with E-state index in [1.165, 1.54) is 12.1 Å². The maximum Gasteiger partial charge on any atom is 0.271 e. The smallest absolute Gasteiger partial charge is 0.271 e. The largest absolute Gasteiger partial charge is 0.394 e. The highest BCUT2D eigenvalue weighted by Gasteiger charge is 2.14. The van der Waals surface area contributed by atoms with E-state index < -0.39 is 4.92 Å². The molecule has 0 saturated heterocycles. The molecule has 0 saturated carbocycles. The van der Waals surface area contributed by atoms with Gasteiger partial charge in [-0.25, -0.2) is 4.98 Å². The zero-order valence-electron chi connectivity index (χ0n) is 9.41. The molecule has 1 heterocycles. The first-order chi connectivity index (χ1) is 8.17. The third-order valence-electron chi connectivity index (χ3n) is 2.84. The molecule has 2 rings (SSSR count). The molecule has 2 aromatic rings. The predicted octanol–water partition coefficient (Wildman–Crippen LogP) is 1.89. The first-order valence-electron chi connectivity index (χ1n) is 5.39. The van der Waals surface area contributed by atoms with Crippen molar-refractivity contribution in [3.63, 3.8) is 0 Å². The number of aliphatic hydroxyl groups is 1. The maximum atomic E-state index is 10.6. The number of aliphatic hydroxyl groups excluding tert-OH is 1. The molecule has 1 atom stereocenters. The van der Waals surface area contributed by atoms with Crippen molar-refractivity contribution in [2.45, 2.75) is 19.4 Å². The Kier molecular flexibility index (Phi) is 3.06. The minimum Gasteiger partial charge on any atom is -0.394 e. The van der Waals surface area contributed by atoms with Crippen LogP contribution in [0, 0.1) is 10.1 Å². The van der Waals surface area contributed by atoms with Gasteiger partial charge in [0, 0.05) is 12.1 Å². The van der Waals surface area contributed by atoms with Crippen LogP contribution in [0.1, 0.15) is 19.4 Å². The summed E-state index contributed by atoms with van der Waals surface area (Å²) in [5, 5.41) is 19.9. The summed E-state index contributed by atoms with van der Waals surface area (Å²) in [7, 11) is 0. The molecular formula is C11H13N3O3. The zero-order valence-corrected chi connectivity index (χ0v) is 9.41. The quantitative estimate of drug-likeness (QED) is 0.648. The van der Waals surface area contributed by atoms with Gasteiger partial charge in [0.25, 0.3) is 5.69 Å². The fourth-order valence-electron chi connectivity index (χ4n) is 1.84. The highest BCUT2D eigenvalue weighted by Crippen LogP contribution is 2.23. The summed E-state index contributed by atoms with van der Waals surface area (Å²) in [6.07, 6.45) is 2.39. The molecule has 1 N–H and O–H groups in total. The highest BCUT2D eigenvalue weighted by atomic mass is 16.6. The fraction of sp³-hybridized carbons (Fsp3) is 0.364. The monoisotopic (exact) mass is 235 g/mol. The van der Waals surface area contributed by atoms with E-state index in [0.717, 1.165) is 11.9 Å². The number of benzene rings is 1. The Morgan fingerprint density at radius 2 is 2.35 bits per heavy atom. The van der Waals surface area contributed by atoms with Gasteiger partial charge >= 0.3 is 0 Å². The van der Waals surface area contributed by atoms with Crippen molar-refractivity contribution >= 4 is 16.7 Å². The number of aromatic nitrogens is 2. The van der Waals surface area contributed by atoms with Gasteiger partial charge in [-0.3, -0.25) is 10.1 Å². The first kappa shape index (κ1) is 11.5. The van der Waals surface area contributed by atoms with Crippen LogP contribution in [-0.2, 0) is 0 Å². The second-order valence-corrected chi connectivity index (χ2v) is 3.83. The van der Waals surface area contributed by atoms with Crippen molar-refractivity contribution in [3.8, 4) is 0 Å². The van der Waals surface area contributed by atoms with E-state index >= 15 is 0 Å². The van der Waals surface area contributed by atoms with E-state index in [0.29, 0.717) is 5.52 Å². The van der Waals surface area contributed by atoms with Gasteiger partial charge < -0.3 is 9.67 Å². The second-order valence-electron chi connectivity index (χ2n) is 3.83. The Morgan fingerprint density at radius 1 is 1.59 bits per heavy atom. The molecule has 0 aliphatic carbocycles. The van der Waals surface area contributed by atoms with Crippen LogP contribution in [-0.4, -0.2) is 26.2 Å². The lowest BCUT2D eigenvalue weighted by Gasteiger charge is -2.14. The van der Waals surface area contributed by atoms with Crippen LogP contribution < -0.4 is 0 Å². The Morgan fingerprint density at radius 3 is 2.94 bits per heavy atom. The molecule has 0 bridgehead atoms. The average Bonchev–Trinajstić information content (AvgIpc) is 2.74. The van der Waals surface area contributed by atoms with Gasteiger partial charge in [0.05, 0.1) is 34.9 Å². The average molecular weight is 235 g/mol. The van der Waals surface area contributed by atoms with Crippen LogP contribution in [0.25, 0.3) is 11.0 Å². The fourth-order valence-corrected chi connectivity index (χ4v) is 1.84. The maximum absolute atomic E-state index is 10.6. The lowest BCUT2D eigenvalue weighted by atomic mass is 10.2. The van der Waals surface area contributed by atoms with Gasteiger partial charge in [0.2, 0.25) is 0 Å². The second kappa shape index (κ2) is 4.50. The third kappa shape index (κ3) is 1.99. The molecule has 6 nitrogen and oxygen atoms in total. The molecule has 0 amide bonds. The summed E-state index contributed by atoms with van der Waals surface area (Å²) < 4.78 is 1.85. The minimum atomic E-state index is -0.443. The van der Waals surface area contributed by atoms with Crippen LogP contribution in [0.5, 0.6) is 0 Å². The van der Waals surface area contributed by atoms with E-state index in [2.05, 4.69) is 4.98 Å². The van der Waals surface area contributed by atoms with E-state index in [1.54, 1.807) is 12.4 Å². The van der Waals surface area contributed by atoms with Crippen LogP contribution in [0.15, 0.2) is 24.5 Å². The highest BCUT2D eigenvalue weighted by molar-refractivity contribution is 5.78. The van der Waals surface area contributed by atoms with Crippen molar-refractivity contribution in [2.24, 2.45) is 0 Å². The molecule has 1 aromatic heterocycles. The lowest BCUT2D eigenvalue weighted by Crippen LogP contribution is -2.10. The summed E-state index contributed by atoms with van der Waals surface area (Å²) >= 11 is 0. The molecule has 0 spiro atoms. The normalized spacial score (nSPS) is 12.8. The standard InChI is InChI=1S/C11H13N3O3/c1-2-8(6-15)13-7-12-10-5-9(14(16)17)3-4-11(10)13/h3-5,7-8,15H,2,6H2,1H3/t8-/m1/s1. The minimum absolute atomic E-state index is 0.0267. The predicted molar refractivity (Wildman–Crippen MR) is 62.8 cm³/mol. The Hall–Kier alpha value is -1.95. The number of nitro benzene ring substituents is 1. The van der Waals surface area contributed by atoms with Gasteiger partial charge in [0.15, 0.2) is 0 Å². The number of hydrogen-bond donors (Lipinski definition) is 1. The summed E-state index contributed by atoms with van der Waals surface area (Å²) in [5.74, 6) is 0. The van der Waals surface area contributed by atoms with E-state index in [1.807, 2.05) is 11.5 Å². The van der Waals surface area contributed by atoms with Gasteiger partial charge in [0.1, 0.15) is 0 Å². The van der Waals surface area contributed by atoms with E-state index in [-0.39, 0.29) is 18.3 Å². The SMILES string of the molecule is CC[C@H](CO)n1cnc2cc([N+](=O)[O-])ccc21. The van der Waals surface area contributed by atoms with E-state index in [9.17, 15) is 15.2 Å². The molecule has 0 aliphatic rings. The van der Waals surface area contributed by atoms with Crippen LogP contribution in [0.2, 0.25) is 0 Å². The third-order valence-corrected chi connectivity index (χ3v) is 2.84. The number of non-ortho nitro benzene ring substituents is 1. The molecule has 90 valence electrons. The zero-order chi connectivity index (χ0) is 12.4. The van der Waals surface area contributed by atoms with Gasteiger partial charge in [-0.05, 0) is 12.5 Å². The number of nitro groups is 1.